The number of carbonyl (C=O) groups excluding carboxylic acids is 1. The summed E-state index contributed by atoms with van der Waals surface area (Å²) in [6, 6.07) is 4.80. The highest BCUT2D eigenvalue weighted by Crippen LogP contribution is 2.28. The van der Waals surface area contributed by atoms with E-state index in [0.29, 0.717) is 31.4 Å². The molecule has 6 nitrogen and oxygen atoms in total. The summed E-state index contributed by atoms with van der Waals surface area (Å²) in [5.74, 6) is -0.324. The van der Waals surface area contributed by atoms with Gasteiger partial charge in [-0.05, 0) is 43.7 Å². The number of hydrogen-bond donors (Lipinski definition) is 2. The van der Waals surface area contributed by atoms with Crippen molar-refractivity contribution < 1.29 is 17.9 Å². The Labute approximate surface area is 166 Å². The van der Waals surface area contributed by atoms with E-state index in [-0.39, 0.29) is 16.7 Å². The molecule has 2 rings (SSSR count). The lowest BCUT2D eigenvalue weighted by molar-refractivity contribution is -0.118. The molecule has 2 N–H and O–H groups in total. The van der Waals surface area contributed by atoms with Crippen molar-refractivity contribution >= 4 is 33.4 Å². The normalized spacial score (nSPS) is 15.4. The van der Waals surface area contributed by atoms with Crippen molar-refractivity contribution in [1.29, 1.82) is 0 Å². The summed E-state index contributed by atoms with van der Waals surface area (Å²) in [6.45, 7) is 4.48. The third-order valence-corrected chi connectivity index (χ3v) is 6.79. The molecule has 0 spiro atoms. The van der Waals surface area contributed by atoms with Gasteiger partial charge in [-0.25, -0.2) is 13.1 Å². The lowest BCUT2D eigenvalue weighted by atomic mass is 10.2. The number of benzene rings is 1. The lowest BCUT2D eigenvalue weighted by Crippen LogP contribution is -2.26. The molecule has 0 unspecified atom stereocenters. The molecule has 0 aromatic heterocycles. The monoisotopic (exact) mass is 414 g/mol. The van der Waals surface area contributed by atoms with Gasteiger partial charge >= 0.3 is 0 Å². The number of nitrogens with one attached hydrogen (secondary N) is 2. The number of rotatable bonds is 10. The lowest BCUT2D eigenvalue weighted by Gasteiger charge is -2.14. The summed E-state index contributed by atoms with van der Waals surface area (Å²) < 4.78 is 33.5. The van der Waals surface area contributed by atoms with Gasteiger partial charge in [0.15, 0.2) is 0 Å². The molecular weight excluding hydrogens is 384 g/mol. The second-order valence-electron chi connectivity index (χ2n) is 7.03. The molecule has 0 radical (unpaired) electrons. The summed E-state index contributed by atoms with van der Waals surface area (Å²) in [6.07, 6.45) is 7.52. The van der Waals surface area contributed by atoms with Crippen molar-refractivity contribution in [2.45, 2.75) is 61.8 Å². The maximum atomic E-state index is 12.6. The Balaban J connectivity index is 1.94. The fourth-order valence-electron chi connectivity index (χ4n) is 2.90. The van der Waals surface area contributed by atoms with Crippen molar-refractivity contribution in [2.24, 2.45) is 5.92 Å². The van der Waals surface area contributed by atoms with Crippen LogP contribution in [0.15, 0.2) is 28.0 Å². The Bertz CT molecular complexity index is 729. The van der Waals surface area contributed by atoms with Crippen molar-refractivity contribution in [3.63, 3.8) is 0 Å². The third kappa shape index (κ3) is 6.78. The first-order chi connectivity index (χ1) is 12.8. The van der Waals surface area contributed by atoms with E-state index in [0.717, 1.165) is 17.7 Å². The number of anilines is 1. The zero-order chi connectivity index (χ0) is 19.9. The first kappa shape index (κ1) is 22.2. The molecule has 0 aliphatic heterocycles. The average molecular weight is 415 g/mol. The minimum Gasteiger partial charge on any atom is -0.378 e. The molecular formula is C19H30N2O4S2. The summed E-state index contributed by atoms with van der Waals surface area (Å²) in [4.78, 5) is 13.0. The second kappa shape index (κ2) is 10.5. The predicted octanol–water partition coefficient (Wildman–Crippen LogP) is 3.63. The maximum Gasteiger partial charge on any atom is 0.240 e. The number of thioether (sulfide) groups is 1. The molecule has 1 fully saturated rings. The average Bonchev–Trinajstić information content (AvgIpc) is 3.14. The Hall–Kier alpha value is -1.09. The highest BCUT2D eigenvalue weighted by Gasteiger charge is 2.18. The van der Waals surface area contributed by atoms with Gasteiger partial charge in [0.05, 0.1) is 16.7 Å². The topological polar surface area (TPSA) is 84.5 Å². The van der Waals surface area contributed by atoms with E-state index in [2.05, 4.69) is 10.0 Å². The van der Waals surface area contributed by atoms with Crippen LogP contribution in [0.3, 0.4) is 0 Å². The summed E-state index contributed by atoms with van der Waals surface area (Å²) >= 11 is 1.46. The Morgan fingerprint density at radius 2 is 2.00 bits per heavy atom. The minimum atomic E-state index is -3.63. The second-order valence-corrected chi connectivity index (χ2v) is 9.65. The SMILES string of the molecule is CSc1ccc(S(=O)(=O)NCCCOC2CCCC2)cc1NC(=O)C(C)C. The maximum absolute atomic E-state index is 12.6. The van der Waals surface area contributed by atoms with Gasteiger partial charge in [0, 0.05) is 24.0 Å². The highest BCUT2D eigenvalue weighted by atomic mass is 32.2. The largest absolute Gasteiger partial charge is 0.378 e. The smallest absolute Gasteiger partial charge is 0.240 e. The fourth-order valence-corrected chi connectivity index (χ4v) is 4.53. The van der Waals surface area contributed by atoms with Crippen LogP contribution in [0.4, 0.5) is 5.69 Å². The standard InChI is InChI=1S/C19H30N2O4S2/c1-14(2)19(22)21-17-13-16(9-10-18(17)26-3)27(23,24)20-11-6-12-25-15-7-4-5-8-15/h9-10,13-15,20H,4-8,11-12H2,1-3H3,(H,21,22). The molecule has 0 saturated heterocycles. The highest BCUT2D eigenvalue weighted by molar-refractivity contribution is 7.98. The van der Waals surface area contributed by atoms with Crippen LogP contribution >= 0.6 is 11.8 Å². The molecule has 1 aromatic rings. The van der Waals surface area contributed by atoms with Crippen LogP contribution in [0.5, 0.6) is 0 Å². The Morgan fingerprint density at radius 1 is 1.30 bits per heavy atom. The summed E-state index contributed by atoms with van der Waals surface area (Å²) in [5.41, 5.74) is 0.522. The van der Waals surface area contributed by atoms with E-state index in [1.165, 1.54) is 30.7 Å². The van der Waals surface area contributed by atoms with Crippen LogP contribution < -0.4 is 10.0 Å². The first-order valence-electron chi connectivity index (χ1n) is 9.43. The first-order valence-corrected chi connectivity index (χ1v) is 12.1. The van der Waals surface area contributed by atoms with Gasteiger partial charge in [0.1, 0.15) is 0 Å². The van der Waals surface area contributed by atoms with Crippen LogP contribution in [-0.4, -0.2) is 39.8 Å². The van der Waals surface area contributed by atoms with Gasteiger partial charge < -0.3 is 10.1 Å². The number of carbonyl (C=O) groups is 1. The molecule has 0 bridgehead atoms. The zero-order valence-corrected chi connectivity index (χ0v) is 17.9. The number of ether oxygens (including phenoxy) is 1. The van der Waals surface area contributed by atoms with Gasteiger partial charge in [-0.2, -0.15) is 0 Å². The van der Waals surface area contributed by atoms with Gasteiger partial charge in [0.25, 0.3) is 0 Å². The van der Waals surface area contributed by atoms with Crippen molar-refractivity contribution in [2.75, 3.05) is 24.7 Å². The molecule has 1 amide bonds. The molecule has 27 heavy (non-hydrogen) atoms. The molecule has 1 saturated carbocycles. The summed E-state index contributed by atoms with van der Waals surface area (Å²) in [7, 11) is -3.63. The fraction of sp³-hybridized carbons (Fsp3) is 0.632. The van der Waals surface area contributed by atoms with Crippen LogP contribution in [-0.2, 0) is 19.6 Å². The zero-order valence-electron chi connectivity index (χ0n) is 16.3. The molecule has 8 heteroatoms. The van der Waals surface area contributed by atoms with Crippen molar-refractivity contribution in [1.82, 2.24) is 4.72 Å². The van der Waals surface area contributed by atoms with E-state index in [4.69, 9.17) is 4.74 Å². The number of hydrogen-bond acceptors (Lipinski definition) is 5. The molecule has 0 heterocycles. The van der Waals surface area contributed by atoms with Crippen molar-refractivity contribution in [3.8, 4) is 0 Å². The molecule has 152 valence electrons. The minimum absolute atomic E-state index is 0.142. The van der Waals surface area contributed by atoms with E-state index in [1.54, 1.807) is 26.0 Å². The molecule has 1 aliphatic carbocycles. The predicted molar refractivity (Wildman–Crippen MR) is 110 cm³/mol. The van der Waals surface area contributed by atoms with E-state index in [9.17, 15) is 13.2 Å². The van der Waals surface area contributed by atoms with E-state index < -0.39 is 10.0 Å². The third-order valence-electron chi connectivity index (χ3n) is 4.53. The quantitative estimate of drug-likeness (QED) is 0.451. The van der Waals surface area contributed by atoms with Crippen LogP contribution in [0.2, 0.25) is 0 Å². The number of amides is 1. The Morgan fingerprint density at radius 3 is 2.63 bits per heavy atom. The van der Waals surface area contributed by atoms with Crippen molar-refractivity contribution in [3.05, 3.63) is 18.2 Å². The Kier molecular flexibility index (Phi) is 8.60. The van der Waals surface area contributed by atoms with Gasteiger partial charge in [0.2, 0.25) is 15.9 Å². The van der Waals surface area contributed by atoms with E-state index >= 15 is 0 Å². The van der Waals surface area contributed by atoms with Gasteiger partial charge in [-0.15, -0.1) is 11.8 Å². The summed E-state index contributed by atoms with van der Waals surface area (Å²) in [5, 5.41) is 2.81. The van der Waals surface area contributed by atoms with Gasteiger partial charge in [-0.3, -0.25) is 4.79 Å². The van der Waals surface area contributed by atoms with Crippen LogP contribution in [0.1, 0.15) is 46.0 Å². The molecule has 1 aliphatic rings. The molecule has 1 aromatic carbocycles. The van der Waals surface area contributed by atoms with Crippen LogP contribution in [0, 0.1) is 5.92 Å². The number of sulfonamides is 1. The van der Waals surface area contributed by atoms with Gasteiger partial charge in [-0.1, -0.05) is 26.7 Å². The molecule has 0 atom stereocenters. The van der Waals surface area contributed by atoms with E-state index in [1.807, 2.05) is 6.26 Å². The van der Waals surface area contributed by atoms with Crippen LogP contribution in [0.25, 0.3) is 0 Å².